The largest absolute Gasteiger partial charge is 0.456 e. The molecule has 1 unspecified atom stereocenters. The molecule has 0 amide bonds. The first-order valence-electron chi connectivity index (χ1n) is 21.7. The van der Waals surface area contributed by atoms with Crippen molar-refractivity contribution < 1.29 is 4.42 Å². The average molecular weight is 792 g/mol. The summed E-state index contributed by atoms with van der Waals surface area (Å²) in [5.41, 5.74) is 16.9. The second-order valence-corrected chi connectivity index (χ2v) is 17.7. The van der Waals surface area contributed by atoms with Crippen molar-refractivity contribution >= 4 is 65.3 Å². The van der Waals surface area contributed by atoms with Gasteiger partial charge in [-0.25, -0.2) is 0 Å². The Morgan fingerprint density at radius 3 is 2.03 bits per heavy atom. The van der Waals surface area contributed by atoms with E-state index in [2.05, 4.69) is 219 Å². The van der Waals surface area contributed by atoms with Crippen LogP contribution in [-0.2, 0) is 5.41 Å². The Bertz CT molecular complexity index is 3790. The van der Waals surface area contributed by atoms with E-state index >= 15 is 0 Å². The molecule has 0 bridgehead atoms. The van der Waals surface area contributed by atoms with Gasteiger partial charge in [-0.3, -0.25) is 0 Å². The van der Waals surface area contributed by atoms with Crippen LogP contribution >= 0.6 is 0 Å². The fourth-order valence-corrected chi connectivity index (χ4v) is 11.0. The molecule has 12 aromatic rings. The number of furan rings is 1. The lowest BCUT2D eigenvalue weighted by atomic mass is 9.80. The van der Waals surface area contributed by atoms with Gasteiger partial charge in [-0.1, -0.05) is 172 Å². The molecule has 0 spiro atoms. The van der Waals surface area contributed by atoms with E-state index in [0.29, 0.717) is 0 Å². The predicted octanol–water partition coefficient (Wildman–Crippen LogP) is 16.1. The molecule has 62 heavy (non-hydrogen) atoms. The zero-order valence-electron chi connectivity index (χ0n) is 34.6. The third-order valence-corrected chi connectivity index (χ3v) is 13.8. The third-order valence-electron chi connectivity index (χ3n) is 13.8. The summed E-state index contributed by atoms with van der Waals surface area (Å²) in [7, 11) is 0. The molecule has 1 atom stereocenters. The molecule has 0 N–H and O–H groups in total. The van der Waals surface area contributed by atoms with Crippen molar-refractivity contribution in [1.29, 1.82) is 0 Å². The molecule has 1 aliphatic rings. The molecule has 1 aliphatic carbocycles. The summed E-state index contributed by atoms with van der Waals surface area (Å²) in [6.45, 7) is 4.78. The van der Waals surface area contributed by atoms with Crippen LogP contribution in [0.3, 0.4) is 0 Å². The van der Waals surface area contributed by atoms with E-state index in [1.807, 2.05) is 6.07 Å². The Morgan fingerprint density at radius 2 is 1.11 bits per heavy atom. The van der Waals surface area contributed by atoms with Crippen LogP contribution in [-0.4, -0.2) is 4.57 Å². The highest BCUT2D eigenvalue weighted by molar-refractivity contribution is 6.16. The molecule has 0 fully saturated rings. The lowest BCUT2D eigenvalue weighted by Gasteiger charge is -2.23. The molecular weight excluding hydrogens is 751 g/mol. The van der Waals surface area contributed by atoms with Gasteiger partial charge in [0.2, 0.25) is 0 Å². The van der Waals surface area contributed by atoms with Gasteiger partial charge in [0.15, 0.2) is 0 Å². The lowest BCUT2D eigenvalue weighted by molar-refractivity contribution is 0.666. The second kappa shape index (κ2) is 13.2. The quantitative estimate of drug-likeness (QED) is 0.159. The summed E-state index contributed by atoms with van der Waals surface area (Å²) in [6.07, 6.45) is 0. The van der Waals surface area contributed by atoms with E-state index in [0.717, 1.165) is 27.6 Å². The van der Waals surface area contributed by atoms with Gasteiger partial charge >= 0.3 is 0 Å². The minimum atomic E-state index is -0.112. The molecule has 292 valence electrons. The van der Waals surface area contributed by atoms with Crippen LogP contribution in [0.1, 0.15) is 47.6 Å². The highest BCUT2D eigenvalue weighted by Crippen LogP contribution is 2.52. The number of aromatic nitrogens is 1. The highest BCUT2D eigenvalue weighted by atomic mass is 16.3. The number of nitrogens with zero attached hydrogens (tertiary/aromatic N) is 1. The summed E-state index contributed by atoms with van der Waals surface area (Å²) in [6, 6.07) is 76.3. The summed E-state index contributed by atoms with van der Waals surface area (Å²) in [5, 5.41) is 9.88. The number of hydrogen-bond donors (Lipinski definition) is 0. The normalized spacial score (nSPS) is 13.7. The van der Waals surface area contributed by atoms with Crippen molar-refractivity contribution in [2.24, 2.45) is 0 Å². The van der Waals surface area contributed by atoms with Gasteiger partial charge in [0.1, 0.15) is 11.2 Å². The van der Waals surface area contributed by atoms with Gasteiger partial charge in [-0.2, -0.15) is 0 Å². The van der Waals surface area contributed by atoms with Crippen LogP contribution in [0.4, 0.5) is 0 Å². The SMILES string of the molecule is CC1(C)c2ccccc2-c2ccc3cc4c(cc3c21)c1cc(-c2cccc(C(c3ccc5ccccc5c3)c3ccc5c(c3)oc3ccccc35)c2)ccc1n4-c1ccccc1. The molecule has 2 heteroatoms. The van der Waals surface area contributed by atoms with Crippen molar-refractivity contribution in [2.45, 2.75) is 25.2 Å². The number of para-hydroxylation sites is 2. The van der Waals surface area contributed by atoms with Crippen LogP contribution in [0, 0.1) is 0 Å². The van der Waals surface area contributed by atoms with Gasteiger partial charge in [-0.15, -0.1) is 0 Å². The van der Waals surface area contributed by atoms with Crippen LogP contribution < -0.4 is 0 Å². The van der Waals surface area contributed by atoms with Crippen molar-refractivity contribution in [3.05, 3.63) is 234 Å². The minimum Gasteiger partial charge on any atom is -0.456 e. The van der Waals surface area contributed by atoms with Crippen molar-refractivity contribution in [3.8, 4) is 27.9 Å². The third kappa shape index (κ3) is 5.17. The summed E-state index contributed by atoms with van der Waals surface area (Å²) < 4.78 is 8.91. The summed E-state index contributed by atoms with van der Waals surface area (Å²) >= 11 is 0. The summed E-state index contributed by atoms with van der Waals surface area (Å²) in [5.74, 6) is -0.0122. The average Bonchev–Trinajstić information content (AvgIpc) is 3.93. The molecule has 0 saturated carbocycles. The van der Waals surface area contributed by atoms with E-state index in [-0.39, 0.29) is 11.3 Å². The van der Waals surface area contributed by atoms with Crippen molar-refractivity contribution in [1.82, 2.24) is 4.57 Å². The van der Waals surface area contributed by atoms with Gasteiger partial charge in [0.25, 0.3) is 0 Å². The standard InChI is InChI=1S/C60H41NO/c1-60(2)53-21-10-8-19-46(53)49-29-25-41-34-55-52(36-50(41)59(49)60)51-33-40(27-30-54(51)61(55)45-17-4-3-5-18-45)39-15-12-16-42(32-39)58(43-24-23-37-13-6-7-14-38(37)31-43)44-26-28-48-47-20-9-11-22-56(47)62-57(48)35-44/h3-36,58H,1-2H3. The second-order valence-electron chi connectivity index (χ2n) is 17.7. The Hall–Kier alpha value is -7.68. The maximum absolute atomic E-state index is 6.47. The number of rotatable bonds is 5. The number of fused-ring (bicyclic) bond motifs is 12. The molecule has 0 saturated heterocycles. The Kier molecular flexibility index (Phi) is 7.45. The Morgan fingerprint density at radius 1 is 0.403 bits per heavy atom. The highest BCUT2D eigenvalue weighted by Gasteiger charge is 2.36. The van der Waals surface area contributed by atoms with Gasteiger partial charge in [0, 0.05) is 38.6 Å². The van der Waals surface area contributed by atoms with E-state index in [9.17, 15) is 0 Å². The monoisotopic (exact) mass is 791 g/mol. The lowest BCUT2D eigenvalue weighted by Crippen LogP contribution is -2.15. The van der Waals surface area contributed by atoms with E-state index in [4.69, 9.17) is 4.42 Å². The van der Waals surface area contributed by atoms with Crippen molar-refractivity contribution in [3.63, 3.8) is 0 Å². The molecular formula is C60H41NO. The van der Waals surface area contributed by atoms with Crippen LogP contribution in [0.2, 0.25) is 0 Å². The van der Waals surface area contributed by atoms with E-state index < -0.39 is 0 Å². The first-order valence-corrected chi connectivity index (χ1v) is 21.7. The molecule has 2 heterocycles. The molecule has 2 nitrogen and oxygen atoms in total. The molecule has 2 aromatic heterocycles. The zero-order chi connectivity index (χ0) is 41.1. The molecule has 13 rings (SSSR count). The van der Waals surface area contributed by atoms with E-state index in [1.54, 1.807) is 0 Å². The number of benzene rings is 10. The van der Waals surface area contributed by atoms with Crippen LogP contribution in [0.25, 0.3) is 93.2 Å². The van der Waals surface area contributed by atoms with Gasteiger partial charge in [0.05, 0.1) is 11.0 Å². The Balaban J connectivity index is 1.01. The van der Waals surface area contributed by atoms with Gasteiger partial charge in [-0.05, 0) is 120 Å². The van der Waals surface area contributed by atoms with Crippen LogP contribution in [0.15, 0.2) is 211 Å². The topological polar surface area (TPSA) is 18.1 Å². The van der Waals surface area contributed by atoms with E-state index in [1.165, 1.54) is 93.4 Å². The fourth-order valence-electron chi connectivity index (χ4n) is 11.0. The Labute approximate surface area is 359 Å². The van der Waals surface area contributed by atoms with Gasteiger partial charge < -0.3 is 8.98 Å². The predicted molar refractivity (Wildman–Crippen MR) is 260 cm³/mol. The molecule has 0 aliphatic heterocycles. The van der Waals surface area contributed by atoms with Crippen LogP contribution in [0.5, 0.6) is 0 Å². The smallest absolute Gasteiger partial charge is 0.135 e. The summed E-state index contributed by atoms with van der Waals surface area (Å²) in [4.78, 5) is 0. The number of hydrogen-bond acceptors (Lipinski definition) is 1. The maximum atomic E-state index is 6.47. The minimum absolute atomic E-state index is 0.0122. The first-order chi connectivity index (χ1) is 30.5. The first kappa shape index (κ1) is 35.1. The fraction of sp³-hybridized carbons (Fsp3) is 0.0667. The van der Waals surface area contributed by atoms with Crippen molar-refractivity contribution in [2.75, 3.05) is 0 Å². The molecule has 10 aromatic carbocycles. The molecule has 0 radical (unpaired) electrons. The zero-order valence-corrected chi connectivity index (χ0v) is 34.6. The maximum Gasteiger partial charge on any atom is 0.135 e.